The summed E-state index contributed by atoms with van der Waals surface area (Å²) >= 11 is 0. The Morgan fingerprint density at radius 3 is 1.70 bits per heavy atom. The maximum absolute atomic E-state index is 8.65. The second-order valence-corrected chi connectivity index (χ2v) is 10.0. The summed E-state index contributed by atoms with van der Waals surface area (Å²) in [5, 5.41) is 3.40. The van der Waals surface area contributed by atoms with Gasteiger partial charge in [-0.05, 0) is 23.8 Å². The number of hydrogen-bond acceptors (Lipinski definition) is 5. The van der Waals surface area contributed by atoms with Crippen molar-refractivity contribution in [2.24, 2.45) is 0 Å². The molecule has 3 heterocycles. The summed E-state index contributed by atoms with van der Waals surface area (Å²) in [6.45, 7) is 0. The predicted molar refractivity (Wildman–Crippen MR) is 176 cm³/mol. The molecular formula is C39H23N3O2. The van der Waals surface area contributed by atoms with Gasteiger partial charge in [-0.15, -0.1) is 0 Å². The molecule has 9 aromatic rings. The molecule has 0 aliphatic carbocycles. The number of furan rings is 2. The van der Waals surface area contributed by atoms with Gasteiger partial charge in [-0.2, -0.15) is 0 Å². The third-order valence-corrected chi connectivity index (χ3v) is 7.54. The van der Waals surface area contributed by atoms with E-state index in [1.165, 1.54) is 0 Å². The molecule has 6 aromatic carbocycles. The molecule has 0 aliphatic heterocycles. The van der Waals surface area contributed by atoms with Gasteiger partial charge in [-0.25, -0.2) is 15.0 Å². The van der Waals surface area contributed by atoms with Crippen LogP contribution in [0, 0.1) is 0 Å². The van der Waals surface area contributed by atoms with E-state index in [4.69, 9.17) is 22.5 Å². The minimum Gasteiger partial charge on any atom is -0.455 e. The number of rotatable bonds is 4. The van der Waals surface area contributed by atoms with E-state index in [-0.39, 0.29) is 28.6 Å². The standard InChI is InChI=1S/C39H23N3O2/c1-3-12-24(13-4-1)37-40-38(25-14-5-2-6-15-25)42-39(41-37)31-21-10-20-30-34-27(17-11-23-33(34)44-36(30)31)29-19-9-18-28-26-16-7-8-22-32(26)43-35(28)29/h1-23H/i1D,2D,3D,4D,5D,6D,12D,13D,14D,15D. The normalized spacial score (nSPS) is 14.8. The lowest BCUT2D eigenvalue weighted by atomic mass is 9.97. The van der Waals surface area contributed by atoms with Crippen molar-refractivity contribution >= 4 is 43.9 Å². The van der Waals surface area contributed by atoms with Gasteiger partial charge in [0.05, 0.1) is 19.3 Å². The smallest absolute Gasteiger partial charge is 0.167 e. The van der Waals surface area contributed by atoms with Gasteiger partial charge in [0.1, 0.15) is 22.3 Å². The van der Waals surface area contributed by atoms with Crippen molar-refractivity contribution in [2.45, 2.75) is 0 Å². The average Bonchev–Trinajstić information content (AvgIpc) is 3.77. The van der Waals surface area contributed by atoms with Crippen molar-refractivity contribution in [2.75, 3.05) is 0 Å². The van der Waals surface area contributed by atoms with Crippen molar-refractivity contribution in [3.05, 3.63) is 139 Å². The van der Waals surface area contributed by atoms with Gasteiger partial charge in [0.15, 0.2) is 17.5 Å². The number of nitrogens with zero attached hydrogens (tertiary/aromatic N) is 3. The number of aromatic nitrogens is 3. The van der Waals surface area contributed by atoms with Crippen LogP contribution in [0.25, 0.3) is 89.2 Å². The van der Waals surface area contributed by atoms with Crippen LogP contribution in [0.4, 0.5) is 0 Å². The Balaban J connectivity index is 1.34. The molecule has 0 N–H and O–H groups in total. The number of hydrogen-bond donors (Lipinski definition) is 0. The number of benzene rings is 6. The minimum atomic E-state index is -0.622. The van der Waals surface area contributed by atoms with Crippen LogP contribution in [-0.2, 0) is 0 Å². The highest BCUT2D eigenvalue weighted by atomic mass is 16.3. The van der Waals surface area contributed by atoms with Crippen molar-refractivity contribution in [3.63, 3.8) is 0 Å². The predicted octanol–water partition coefficient (Wildman–Crippen LogP) is 10.3. The van der Waals surface area contributed by atoms with Crippen molar-refractivity contribution < 1.29 is 22.5 Å². The molecule has 0 saturated heterocycles. The fourth-order valence-electron chi connectivity index (χ4n) is 5.65. The molecule has 9 rings (SSSR count). The van der Waals surface area contributed by atoms with E-state index in [0.717, 1.165) is 32.9 Å². The Bertz CT molecular complexity index is 2940. The van der Waals surface area contributed by atoms with Crippen LogP contribution in [0.3, 0.4) is 0 Å². The molecule has 0 aliphatic rings. The SMILES string of the molecule is [2H]c1c([2H])c([2H])c(-c2nc(-c3c([2H])c([2H])c([2H])c([2H])c3[2H])nc(-c3cccc4c3oc3cccc(-c5cccc6c5oc5ccccc56)c34)n2)c([2H])c1[2H]. The summed E-state index contributed by atoms with van der Waals surface area (Å²) in [6, 6.07) is 18.7. The number of para-hydroxylation sites is 3. The monoisotopic (exact) mass is 575 g/mol. The third-order valence-electron chi connectivity index (χ3n) is 7.54. The molecule has 0 radical (unpaired) electrons. The molecule has 5 heteroatoms. The fourth-order valence-corrected chi connectivity index (χ4v) is 5.65. The van der Waals surface area contributed by atoms with Gasteiger partial charge < -0.3 is 8.83 Å². The highest BCUT2D eigenvalue weighted by Crippen LogP contribution is 2.43. The highest BCUT2D eigenvalue weighted by molar-refractivity contribution is 6.18. The minimum absolute atomic E-state index is 0.0841. The average molecular weight is 576 g/mol. The van der Waals surface area contributed by atoms with Crippen molar-refractivity contribution in [1.82, 2.24) is 15.0 Å². The lowest BCUT2D eigenvalue weighted by Crippen LogP contribution is -2.00. The van der Waals surface area contributed by atoms with Gasteiger partial charge in [0, 0.05) is 38.2 Å². The quantitative estimate of drug-likeness (QED) is 0.209. The van der Waals surface area contributed by atoms with Crippen LogP contribution in [0.1, 0.15) is 13.7 Å². The summed E-state index contributed by atoms with van der Waals surface area (Å²) in [6.07, 6.45) is 0. The molecule has 0 unspecified atom stereocenters. The molecule has 44 heavy (non-hydrogen) atoms. The largest absolute Gasteiger partial charge is 0.455 e. The molecule has 0 saturated carbocycles. The van der Waals surface area contributed by atoms with Crippen molar-refractivity contribution in [3.8, 4) is 45.3 Å². The summed E-state index contributed by atoms with van der Waals surface area (Å²) < 4.78 is 96.8. The summed E-state index contributed by atoms with van der Waals surface area (Å²) in [5.41, 5.74) is 3.65. The fraction of sp³-hybridized carbons (Fsp3) is 0. The zero-order valence-corrected chi connectivity index (χ0v) is 22.7. The zero-order valence-electron chi connectivity index (χ0n) is 32.7. The van der Waals surface area contributed by atoms with Crippen LogP contribution in [0.5, 0.6) is 0 Å². The molecule has 0 spiro atoms. The molecule has 206 valence electrons. The first-order chi connectivity index (χ1) is 26.0. The Kier molecular flexibility index (Phi) is 3.66. The highest BCUT2D eigenvalue weighted by Gasteiger charge is 2.21. The first-order valence-electron chi connectivity index (χ1n) is 18.7. The molecule has 3 aromatic heterocycles. The van der Waals surface area contributed by atoms with E-state index in [1.54, 1.807) is 12.1 Å². The van der Waals surface area contributed by atoms with E-state index >= 15 is 0 Å². The molecule has 0 fully saturated rings. The van der Waals surface area contributed by atoms with Gasteiger partial charge in [-0.3, -0.25) is 0 Å². The maximum atomic E-state index is 8.65. The number of fused-ring (bicyclic) bond motifs is 6. The van der Waals surface area contributed by atoms with E-state index in [1.807, 2.05) is 66.7 Å². The van der Waals surface area contributed by atoms with Gasteiger partial charge in [-0.1, -0.05) is 121 Å². The van der Waals surface area contributed by atoms with Crippen LogP contribution < -0.4 is 0 Å². The Morgan fingerprint density at radius 1 is 0.432 bits per heavy atom. The van der Waals surface area contributed by atoms with Gasteiger partial charge in [0.25, 0.3) is 0 Å². The summed E-state index contributed by atoms with van der Waals surface area (Å²) in [4.78, 5) is 13.6. The zero-order chi connectivity index (χ0) is 37.7. The summed E-state index contributed by atoms with van der Waals surface area (Å²) in [5.74, 6) is -0.799. The molecule has 0 amide bonds. The van der Waals surface area contributed by atoms with E-state index < -0.39 is 60.4 Å². The summed E-state index contributed by atoms with van der Waals surface area (Å²) in [7, 11) is 0. The Morgan fingerprint density at radius 2 is 0.955 bits per heavy atom. The van der Waals surface area contributed by atoms with E-state index in [2.05, 4.69) is 15.0 Å². The van der Waals surface area contributed by atoms with Gasteiger partial charge >= 0.3 is 0 Å². The lowest BCUT2D eigenvalue weighted by molar-refractivity contribution is 0.669. The van der Waals surface area contributed by atoms with Gasteiger partial charge in [0.2, 0.25) is 0 Å². The first-order valence-corrected chi connectivity index (χ1v) is 13.7. The molecular weight excluding hydrogens is 542 g/mol. The second kappa shape index (κ2) is 9.75. The molecule has 0 bridgehead atoms. The first kappa shape index (κ1) is 16.5. The van der Waals surface area contributed by atoms with Crippen LogP contribution in [0.2, 0.25) is 0 Å². The van der Waals surface area contributed by atoms with E-state index in [0.29, 0.717) is 27.7 Å². The van der Waals surface area contributed by atoms with Crippen LogP contribution in [0.15, 0.2) is 148 Å². The molecule has 0 atom stereocenters. The topological polar surface area (TPSA) is 65.0 Å². The van der Waals surface area contributed by atoms with Crippen LogP contribution >= 0.6 is 0 Å². The Labute approximate surface area is 266 Å². The third kappa shape index (κ3) is 3.83. The van der Waals surface area contributed by atoms with Crippen LogP contribution in [-0.4, -0.2) is 15.0 Å². The lowest BCUT2D eigenvalue weighted by Gasteiger charge is -2.08. The maximum Gasteiger partial charge on any atom is 0.167 e. The van der Waals surface area contributed by atoms with E-state index in [9.17, 15) is 0 Å². The molecule has 5 nitrogen and oxygen atoms in total. The van der Waals surface area contributed by atoms with Crippen molar-refractivity contribution in [1.29, 1.82) is 0 Å². The second-order valence-electron chi connectivity index (χ2n) is 10.0. The Hall–Kier alpha value is -6.07.